The first kappa shape index (κ1) is 15.2. The number of hydrogen-bond acceptors (Lipinski definition) is 1. The van der Waals surface area contributed by atoms with Crippen LogP contribution >= 0.6 is 15.9 Å². The van der Waals surface area contributed by atoms with E-state index in [-0.39, 0.29) is 5.82 Å². The van der Waals surface area contributed by atoms with E-state index in [0.717, 1.165) is 12.0 Å². The predicted octanol–water partition coefficient (Wildman–Crippen LogP) is 4.83. The van der Waals surface area contributed by atoms with Gasteiger partial charge < -0.3 is 5.73 Å². The summed E-state index contributed by atoms with van der Waals surface area (Å²) in [4.78, 5) is 0. The van der Waals surface area contributed by atoms with Crippen molar-refractivity contribution in [2.24, 2.45) is 11.7 Å². The third kappa shape index (κ3) is 3.47. The Bertz CT molecular complexity index is 578. The number of rotatable bonds is 4. The van der Waals surface area contributed by atoms with Gasteiger partial charge in [0.1, 0.15) is 5.82 Å². The Hall–Kier alpha value is -1.19. The molecule has 1 atom stereocenters. The molecule has 0 amide bonds. The molecule has 0 radical (unpaired) electrons. The molecule has 0 aliphatic rings. The summed E-state index contributed by atoms with van der Waals surface area (Å²) in [6.07, 6.45) is 1.04. The van der Waals surface area contributed by atoms with Gasteiger partial charge in [-0.05, 0) is 45.5 Å². The average molecular weight is 336 g/mol. The fourth-order valence-corrected chi connectivity index (χ4v) is 2.65. The van der Waals surface area contributed by atoms with Crippen LogP contribution in [0.25, 0.3) is 0 Å². The van der Waals surface area contributed by atoms with E-state index >= 15 is 0 Å². The highest BCUT2D eigenvalue weighted by Crippen LogP contribution is 2.27. The summed E-state index contributed by atoms with van der Waals surface area (Å²) in [5, 5.41) is 0. The number of nitrogens with two attached hydrogens (primary N) is 1. The lowest BCUT2D eigenvalue weighted by atomic mass is 9.96. The second-order valence-electron chi connectivity index (χ2n) is 5.46. The van der Waals surface area contributed by atoms with E-state index in [1.54, 1.807) is 18.2 Å². The quantitative estimate of drug-likeness (QED) is 0.850. The second kappa shape index (κ2) is 6.51. The molecule has 2 N–H and O–H groups in total. The van der Waals surface area contributed by atoms with Gasteiger partial charge in [0.25, 0.3) is 0 Å². The van der Waals surface area contributed by atoms with Gasteiger partial charge in [-0.25, -0.2) is 4.39 Å². The van der Waals surface area contributed by atoms with Crippen molar-refractivity contribution in [3.63, 3.8) is 0 Å². The molecule has 0 fully saturated rings. The van der Waals surface area contributed by atoms with E-state index in [2.05, 4.69) is 41.9 Å². The summed E-state index contributed by atoms with van der Waals surface area (Å²) < 4.78 is 14.5. The molecular weight excluding hydrogens is 317 g/mol. The Morgan fingerprint density at radius 3 is 2.35 bits per heavy atom. The molecule has 0 aliphatic heterocycles. The van der Waals surface area contributed by atoms with Crippen LogP contribution in [0.1, 0.15) is 36.6 Å². The molecule has 2 aromatic carbocycles. The Morgan fingerprint density at radius 1 is 1.10 bits per heavy atom. The van der Waals surface area contributed by atoms with Gasteiger partial charge in [0.15, 0.2) is 0 Å². The van der Waals surface area contributed by atoms with Gasteiger partial charge in [0.2, 0.25) is 0 Å². The fourth-order valence-electron chi connectivity index (χ4n) is 2.27. The lowest BCUT2D eigenvalue weighted by Crippen LogP contribution is -2.14. The summed E-state index contributed by atoms with van der Waals surface area (Å²) in [5.41, 5.74) is 8.90. The van der Waals surface area contributed by atoms with E-state index in [1.807, 2.05) is 12.1 Å². The lowest BCUT2D eigenvalue weighted by Gasteiger charge is -2.15. The van der Waals surface area contributed by atoms with Crippen molar-refractivity contribution >= 4 is 15.9 Å². The van der Waals surface area contributed by atoms with Crippen LogP contribution < -0.4 is 5.73 Å². The van der Waals surface area contributed by atoms with E-state index in [1.165, 1.54) is 5.56 Å². The normalized spacial score (nSPS) is 12.7. The van der Waals surface area contributed by atoms with Gasteiger partial charge in [-0.15, -0.1) is 0 Å². The van der Waals surface area contributed by atoms with E-state index in [0.29, 0.717) is 16.0 Å². The maximum atomic E-state index is 14.1. The summed E-state index contributed by atoms with van der Waals surface area (Å²) in [7, 11) is 0. The van der Waals surface area contributed by atoms with Crippen LogP contribution in [0.15, 0.2) is 46.9 Å². The van der Waals surface area contributed by atoms with Crippen molar-refractivity contribution in [3.05, 3.63) is 69.4 Å². The van der Waals surface area contributed by atoms with E-state index < -0.39 is 6.04 Å². The zero-order chi connectivity index (χ0) is 14.7. The van der Waals surface area contributed by atoms with Crippen molar-refractivity contribution < 1.29 is 4.39 Å². The van der Waals surface area contributed by atoms with Crippen molar-refractivity contribution in [1.82, 2.24) is 0 Å². The largest absolute Gasteiger partial charge is 0.320 e. The summed E-state index contributed by atoms with van der Waals surface area (Å²) >= 11 is 3.20. The number of hydrogen-bond donors (Lipinski definition) is 1. The van der Waals surface area contributed by atoms with Crippen LogP contribution in [0.3, 0.4) is 0 Å². The standard InChI is InChI=1S/C17H19BrFN/c1-11(2)10-12-6-8-13(9-7-12)17(20)14-4-3-5-15(18)16(14)19/h3-9,11,17H,10,20H2,1-2H3. The third-order valence-corrected chi connectivity index (χ3v) is 3.91. The molecule has 0 heterocycles. The number of halogens is 2. The van der Waals surface area contributed by atoms with Gasteiger partial charge in [0.05, 0.1) is 10.5 Å². The van der Waals surface area contributed by atoms with Crippen LogP contribution in [-0.2, 0) is 6.42 Å². The van der Waals surface area contributed by atoms with E-state index in [4.69, 9.17) is 5.73 Å². The van der Waals surface area contributed by atoms with Crippen LogP contribution in [-0.4, -0.2) is 0 Å². The maximum absolute atomic E-state index is 14.1. The zero-order valence-corrected chi connectivity index (χ0v) is 13.3. The Labute approximate surface area is 128 Å². The smallest absolute Gasteiger partial charge is 0.142 e. The van der Waals surface area contributed by atoms with Crippen molar-refractivity contribution in [1.29, 1.82) is 0 Å². The third-order valence-electron chi connectivity index (χ3n) is 3.30. The van der Waals surface area contributed by atoms with Gasteiger partial charge >= 0.3 is 0 Å². The highest BCUT2D eigenvalue weighted by atomic mass is 79.9. The van der Waals surface area contributed by atoms with E-state index in [9.17, 15) is 4.39 Å². The highest BCUT2D eigenvalue weighted by molar-refractivity contribution is 9.10. The molecule has 3 heteroatoms. The molecule has 0 aliphatic carbocycles. The minimum atomic E-state index is -0.444. The minimum Gasteiger partial charge on any atom is -0.320 e. The average Bonchev–Trinajstić information content (AvgIpc) is 2.41. The van der Waals surface area contributed by atoms with Crippen LogP contribution in [0.4, 0.5) is 4.39 Å². The second-order valence-corrected chi connectivity index (χ2v) is 6.31. The first-order valence-electron chi connectivity index (χ1n) is 6.77. The monoisotopic (exact) mass is 335 g/mol. The molecule has 1 unspecified atom stereocenters. The maximum Gasteiger partial charge on any atom is 0.142 e. The molecule has 2 rings (SSSR count). The van der Waals surface area contributed by atoms with Crippen molar-refractivity contribution in [3.8, 4) is 0 Å². The summed E-state index contributed by atoms with van der Waals surface area (Å²) in [5.74, 6) is 0.336. The van der Waals surface area contributed by atoms with Gasteiger partial charge in [-0.2, -0.15) is 0 Å². The number of benzene rings is 2. The van der Waals surface area contributed by atoms with Gasteiger partial charge in [-0.3, -0.25) is 0 Å². The van der Waals surface area contributed by atoms with Gasteiger partial charge in [0, 0.05) is 5.56 Å². The fraction of sp³-hybridized carbons (Fsp3) is 0.294. The molecule has 0 saturated heterocycles. The topological polar surface area (TPSA) is 26.0 Å². The molecule has 1 nitrogen and oxygen atoms in total. The van der Waals surface area contributed by atoms with Crippen LogP contribution in [0.2, 0.25) is 0 Å². The first-order valence-corrected chi connectivity index (χ1v) is 7.56. The summed E-state index contributed by atoms with van der Waals surface area (Å²) in [6, 6.07) is 12.9. The molecule has 2 aromatic rings. The van der Waals surface area contributed by atoms with Crippen molar-refractivity contribution in [2.45, 2.75) is 26.3 Å². The Balaban J connectivity index is 2.25. The summed E-state index contributed by atoms with van der Waals surface area (Å²) in [6.45, 7) is 4.38. The highest BCUT2D eigenvalue weighted by Gasteiger charge is 2.15. The molecule has 0 spiro atoms. The zero-order valence-electron chi connectivity index (χ0n) is 11.7. The molecule has 20 heavy (non-hydrogen) atoms. The first-order chi connectivity index (χ1) is 9.49. The molecule has 0 bridgehead atoms. The lowest BCUT2D eigenvalue weighted by molar-refractivity contribution is 0.593. The van der Waals surface area contributed by atoms with Crippen LogP contribution in [0, 0.1) is 11.7 Å². The van der Waals surface area contributed by atoms with Gasteiger partial charge in [-0.1, -0.05) is 50.2 Å². The SMILES string of the molecule is CC(C)Cc1ccc(C(N)c2cccc(Br)c2F)cc1. The predicted molar refractivity (Wildman–Crippen MR) is 85.1 cm³/mol. The molecule has 0 saturated carbocycles. The Morgan fingerprint density at radius 2 is 1.75 bits per heavy atom. The molecule has 106 valence electrons. The molecule has 0 aromatic heterocycles. The van der Waals surface area contributed by atoms with Crippen molar-refractivity contribution in [2.75, 3.05) is 0 Å². The minimum absolute atomic E-state index is 0.286. The van der Waals surface area contributed by atoms with Crippen LogP contribution in [0.5, 0.6) is 0 Å². The Kier molecular flexibility index (Phi) is 4.95. The molecular formula is C17H19BrFN.